The van der Waals surface area contributed by atoms with Crippen molar-refractivity contribution < 1.29 is 4.74 Å². The van der Waals surface area contributed by atoms with Gasteiger partial charge in [-0.3, -0.25) is 0 Å². The van der Waals surface area contributed by atoms with Crippen LogP contribution in [0.4, 0.5) is 0 Å². The maximum absolute atomic E-state index is 5.40. The molecular weight excluding hydrogens is 152 g/mol. The van der Waals surface area contributed by atoms with E-state index in [-0.39, 0.29) is 0 Å². The molecule has 0 unspecified atom stereocenters. The standard InChI is InChI=1S/C9H18N2O/c1-3-6-11(7-4-2)9-10-5-8-12-9/h3-8H2,1-2H3. The summed E-state index contributed by atoms with van der Waals surface area (Å²) in [5, 5.41) is 0. The molecule has 1 aliphatic heterocycles. The predicted molar refractivity (Wildman–Crippen MR) is 50.4 cm³/mol. The molecule has 0 spiro atoms. The number of ether oxygens (including phenoxy) is 1. The van der Waals surface area contributed by atoms with Crippen LogP contribution in [0, 0.1) is 0 Å². The lowest BCUT2D eigenvalue weighted by Gasteiger charge is -2.21. The fraction of sp³-hybridized carbons (Fsp3) is 0.889. The first kappa shape index (κ1) is 9.36. The summed E-state index contributed by atoms with van der Waals surface area (Å²) in [6.07, 6.45) is 2.31. The van der Waals surface area contributed by atoms with Crippen LogP contribution >= 0.6 is 0 Å². The molecule has 12 heavy (non-hydrogen) atoms. The van der Waals surface area contributed by atoms with Crippen LogP contribution in [-0.2, 0) is 4.74 Å². The Morgan fingerprint density at radius 2 is 2.00 bits per heavy atom. The summed E-state index contributed by atoms with van der Waals surface area (Å²) in [6.45, 7) is 8.08. The molecule has 0 radical (unpaired) electrons. The van der Waals surface area contributed by atoms with Crippen LogP contribution < -0.4 is 0 Å². The Kier molecular flexibility index (Phi) is 3.91. The van der Waals surface area contributed by atoms with Gasteiger partial charge >= 0.3 is 0 Å². The molecule has 1 rings (SSSR count). The molecule has 0 aliphatic carbocycles. The van der Waals surface area contributed by atoms with E-state index >= 15 is 0 Å². The predicted octanol–water partition coefficient (Wildman–Crippen LogP) is 1.49. The first-order valence-electron chi connectivity index (χ1n) is 4.80. The summed E-state index contributed by atoms with van der Waals surface area (Å²) < 4.78 is 5.40. The molecule has 0 N–H and O–H groups in total. The quantitative estimate of drug-likeness (QED) is 0.638. The largest absolute Gasteiger partial charge is 0.463 e. The Morgan fingerprint density at radius 1 is 1.33 bits per heavy atom. The van der Waals surface area contributed by atoms with Gasteiger partial charge < -0.3 is 9.64 Å². The van der Waals surface area contributed by atoms with Gasteiger partial charge in [-0.05, 0) is 12.8 Å². The lowest BCUT2D eigenvalue weighted by molar-refractivity contribution is 0.262. The highest BCUT2D eigenvalue weighted by molar-refractivity contribution is 5.74. The number of nitrogens with zero attached hydrogens (tertiary/aromatic N) is 2. The summed E-state index contributed by atoms with van der Waals surface area (Å²) >= 11 is 0. The molecule has 1 heterocycles. The number of aliphatic imine (C=N–C) groups is 1. The highest BCUT2D eigenvalue weighted by Gasteiger charge is 2.14. The highest BCUT2D eigenvalue weighted by atomic mass is 16.5. The average Bonchev–Trinajstić information content (AvgIpc) is 2.56. The van der Waals surface area contributed by atoms with Crippen molar-refractivity contribution in [1.29, 1.82) is 0 Å². The Labute approximate surface area is 74.4 Å². The molecule has 3 nitrogen and oxygen atoms in total. The van der Waals surface area contributed by atoms with Crippen molar-refractivity contribution in [3.8, 4) is 0 Å². The summed E-state index contributed by atoms with van der Waals surface area (Å²) in [4.78, 5) is 6.52. The van der Waals surface area contributed by atoms with Crippen molar-refractivity contribution in [1.82, 2.24) is 4.90 Å². The molecule has 1 aliphatic rings. The summed E-state index contributed by atoms with van der Waals surface area (Å²) in [5.74, 6) is 0. The molecule has 0 saturated carbocycles. The summed E-state index contributed by atoms with van der Waals surface area (Å²) in [7, 11) is 0. The second-order valence-corrected chi connectivity index (χ2v) is 3.00. The first-order chi connectivity index (χ1) is 5.88. The van der Waals surface area contributed by atoms with Gasteiger partial charge in [0.1, 0.15) is 6.61 Å². The molecule has 0 aromatic heterocycles. The van der Waals surface area contributed by atoms with Gasteiger partial charge in [-0.2, -0.15) is 0 Å². The number of rotatable bonds is 4. The molecule has 0 atom stereocenters. The molecule has 3 heteroatoms. The second-order valence-electron chi connectivity index (χ2n) is 3.00. The van der Waals surface area contributed by atoms with Crippen LogP contribution in [0.1, 0.15) is 26.7 Å². The van der Waals surface area contributed by atoms with Gasteiger partial charge in [0.2, 0.25) is 0 Å². The second kappa shape index (κ2) is 5.01. The third-order valence-corrected chi connectivity index (χ3v) is 1.83. The van der Waals surface area contributed by atoms with E-state index in [0.29, 0.717) is 0 Å². The van der Waals surface area contributed by atoms with E-state index in [2.05, 4.69) is 23.7 Å². The van der Waals surface area contributed by atoms with Crippen LogP contribution in [0.5, 0.6) is 0 Å². The van der Waals surface area contributed by atoms with Gasteiger partial charge in [0.05, 0.1) is 6.54 Å². The minimum Gasteiger partial charge on any atom is -0.463 e. The van der Waals surface area contributed by atoms with E-state index in [9.17, 15) is 0 Å². The lowest BCUT2D eigenvalue weighted by Crippen LogP contribution is -2.32. The highest BCUT2D eigenvalue weighted by Crippen LogP contribution is 2.03. The number of amidine groups is 1. The normalized spacial score (nSPS) is 15.7. The Balaban J connectivity index is 2.40. The first-order valence-corrected chi connectivity index (χ1v) is 4.80. The van der Waals surface area contributed by atoms with Gasteiger partial charge in [-0.1, -0.05) is 13.8 Å². The molecule has 0 amide bonds. The van der Waals surface area contributed by atoms with E-state index in [4.69, 9.17) is 4.74 Å². The maximum atomic E-state index is 5.40. The van der Waals surface area contributed by atoms with Gasteiger partial charge in [0.25, 0.3) is 6.02 Å². The molecule has 0 aromatic carbocycles. The molecule has 0 bridgehead atoms. The van der Waals surface area contributed by atoms with Crippen molar-refractivity contribution >= 4 is 6.02 Å². The topological polar surface area (TPSA) is 24.8 Å². The van der Waals surface area contributed by atoms with Crippen molar-refractivity contribution in [2.24, 2.45) is 4.99 Å². The van der Waals surface area contributed by atoms with E-state index in [0.717, 1.165) is 45.1 Å². The zero-order valence-corrected chi connectivity index (χ0v) is 8.05. The Hall–Kier alpha value is -0.730. The Bertz CT molecular complexity index is 151. The SMILES string of the molecule is CCCN(CCC)C1=NCCO1. The van der Waals surface area contributed by atoms with Crippen molar-refractivity contribution in [3.05, 3.63) is 0 Å². The third kappa shape index (κ3) is 2.40. The maximum Gasteiger partial charge on any atom is 0.287 e. The molecule has 0 fully saturated rings. The minimum absolute atomic E-state index is 0.763. The summed E-state index contributed by atoms with van der Waals surface area (Å²) in [5.41, 5.74) is 0. The Morgan fingerprint density at radius 3 is 2.42 bits per heavy atom. The van der Waals surface area contributed by atoms with Crippen molar-refractivity contribution in [3.63, 3.8) is 0 Å². The van der Waals surface area contributed by atoms with E-state index in [1.54, 1.807) is 0 Å². The van der Waals surface area contributed by atoms with Crippen LogP contribution in [0.3, 0.4) is 0 Å². The molecule has 0 saturated heterocycles. The van der Waals surface area contributed by atoms with Crippen LogP contribution in [0.15, 0.2) is 4.99 Å². The van der Waals surface area contributed by atoms with Crippen molar-refractivity contribution in [2.75, 3.05) is 26.2 Å². The third-order valence-electron chi connectivity index (χ3n) is 1.83. The van der Waals surface area contributed by atoms with Crippen LogP contribution in [-0.4, -0.2) is 37.2 Å². The minimum atomic E-state index is 0.763. The smallest absolute Gasteiger partial charge is 0.287 e. The fourth-order valence-electron chi connectivity index (χ4n) is 1.36. The molecular formula is C9H18N2O. The van der Waals surface area contributed by atoms with Crippen molar-refractivity contribution in [2.45, 2.75) is 26.7 Å². The number of hydrogen-bond acceptors (Lipinski definition) is 3. The van der Waals surface area contributed by atoms with E-state index in [1.807, 2.05) is 0 Å². The zero-order chi connectivity index (χ0) is 8.81. The van der Waals surface area contributed by atoms with Crippen LogP contribution in [0.2, 0.25) is 0 Å². The van der Waals surface area contributed by atoms with Gasteiger partial charge in [-0.25, -0.2) is 4.99 Å². The van der Waals surface area contributed by atoms with Gasteiger partial charge in [0.15, 0.2) is 0 Å². The van der Waals surface area contributed by atoms with Crippen LogP contribution in [0.25, 0.3) is 0 Å². The molecule has 70 valence electrons. The monoisotopic (exact) mass is 170 g/mol. The van der Waals surface area contributed by atoms with Gasteiger partial charge in [-0.15, -0.1) is 0 Å². The summed E-state index contributed by atoms with van der Waals surface area (Å²) in [6, 6.07) is 0.860. The van der Waals surface area contributed by atoms with Gasteiger partial charge in [0, 0.05) is 13.1 Å². The molecule has 0 aromatic rings. The number of hydrogen-bond donors (Lipinski definition) is 0. The fourth-order valence-corrected chi connectivity index (χ4v) is 1.36. The van der Waals surface area contributed by atoms with E-state index < -0.39 is 0 Å². The average molecular weight is 170 g/mol. The lowest BCUT2D eigenvalue weighted by atomic mass is 10.4. The zero-order valence-electron chi connectivity index (χ0n) is 8.05. The van der Waals surface area contributed by atoms with E-state index in [1.165, 1.54) is 0 Å².